The SMILES string of the molecule is CCn1c(COc2ccc(C)cc2OC)nnc1SCC(=O)Nc1ccc(C(C)C)cc1. The summed E-state index contributed by atoms with van der Waals surface area (Å²) < 4.78 is 13.3. The first-order valence-corrected chi connectivity index (χ1v) is 11.6. The van der Waals surface area contributed by atoms with Crippen LogP contribution in [0.25, 0.3) is 0 Å². The van der Waals surface area contributed by atoms with Crippen LogP contribution in [-0.2, 0) is 17.9 Å². The summed E-state index contributed by atoms with van der Waals surface area (Å²) >= 11 is 1.36. The van der Waals surface area contributed by atoms with Crippen LogP contribution in [0.5, 0.6) is 11.5 Å². The zero-order valence-corrected chi connectivity index (χ0v) is 20.0. The second-order valence-corrected chi connectivity index (χ2v) is 8.64. The molecule has 0 saturated heterocycles. The highest BCUT2D eigenvalue weighted by molar-refractivity contribution is 7.99. The van der Waals surface area contributed by atoms with Crippen molar-refractivity contribution in [1.82, 2.24) is 14.8 Å². The highest BCUT2D eigenvalue weighted by Crippen LogP contribution is 2.29. The Hall–Kier alpha value is -3.00. The van der Waals surface area contributed by atoms with Gasteiger partial charge in [-0.05, 0) is 55.2 Å². The largest absolute Gasteiger partial charge is 0.493 e. The van der Waals surface area contributed by atoms with Gasteiger partial charge in [0.05, 0.1) is 12.9 Å². The molecule has 0 bridgehead atoms. The lowest BCUT2D eigenvalue weighted by Gasteiger charge is -2.12. The number of carbonyl (C=O) groups is 1. The molecule has 32 heavy (non-hydrogen) atoms. The van der Waals surface area contributed by atoms with E-state index in [4.69, 9.17) is 9.47 Å². The number of benzene rings is 2. The number of nitrogens with one attached hydrogen (secondary N) is 1. The van der Waals surface area contributed by atoms with E-state index in [9.17, 15) is 4.79 Å². The number of hydrogen-bond donors (Lipinski definition) is 1. The minimum absolute atomic E-state index is 0.0832. The van der Waals surface area contributed by atoms with Crippen molar-refractivity contribution in [3.05, 3.63) is 59.4 Å². The molecule has 0 spiro atoms. The fourth-order valence-corrected chi connectivity index (χ4v) is 3.99. The molecular weight excluding hydrogens is 424 g/mol. The fraction of sp³-hybridized carbons (Fsp3) is 0.375. The number of hydrogen-bond acceptors (Lipinski definition) is 6. The van der Waals surface area contributed by atoms with Gasteiger partial charge in [0.25, 0.3) is 0 Å². The van der Waals surface area contributed by atoms with E-state index in [0.29, 0.717) is 34.9 Å². The Morgan fingerprint density at radius 3 is 2.53 bits per heavy atom. The summed E-state index contributed by atoms with van der Waals surface area (Å²) in [7, 11) is 1.62. The number of ether oxygens (including phenoxy) is 2. The van der Waals surface area contributed by atoms with Crippen LogP contribution in [0.2, 0.25) is 0 Å². The maximum absolute atomic E-state index is 12.4. The van der Waals surface area contributed by atoms with Crippen LogP contribution in [-0.4, -0.2) is 33.5 Å². The molecule has 3 aromatic rings. The number of rotatable bonds is 10. The highest BCUT2D eigenvalue weighted by atomic mass is 32.2. The van der Waals surface area contributed by atoms with Crippen LogP contribution in [0.4, 0.5) is 5.69 Å². The average molecular weight is 455 g/mol. The van der Waals surface area contributed by atoms with E-state index < -0.39 is 0 Å². The van der Waals surface area contributed by atoms with Gasteiger partial charge in [-0.2, -0.15) is 0 Å². The Labute approximate surface area is 193 Å². The first-order chi connectivity index (χ1) is 15.4. The molecule has 0 aliphatic carbocycles. The van der Waals surface area contributed by atoms with Gasteiger partial charge in [0.2, 0.25) is 5.91 Å². The van der Waals surface area contributed by atoms with Gasteiger partial charge in [-0.3, -0.25) is 4.79 Å². The second kappa shape index (κ2) is 11.0. The van der Waals surface area contributed by atoms with E-state index in [-0.39, 0.29) is 18.3 Å². The van der Waals surface area contributed by atoms with E-state index in [1.54, 1.807) is 7.11 Å². The molecule has 3 rings (SSSR count). The summed E-state index contributed by atoms with van der Waals surface area (Å²) in [4.78, 5) is 12.4. The lowest BCUT2D eigenvalue weighted by atomic mass is 10.0. The standard InChI is InChI=1S/C24H30N4O3S/c1-6-28-22(14-31-20-12-7-17(4)13-21(20)30-5)26-27-24(28)32-15-23(29)25-19-10-8-18(9-11-19)16(2)3/h7-13,16H,6,14-15H2,1-5H3,(H,25,29). The van der Waals surface area contributed by atoms with Crippen LogP contribution in [0, 0.1) is 6.92 Å². The smallest absolute Gasteiger partial charge is 0.234 e. The number of amides is 1. The van der Waals surface area contributed by atoms with E-state index in [1.807, 2.05) is 60.9 Å². The Morgan fingerprint density at radius 1 is 1.12 bits per heavy atom. The molecule has 170 valence electrons. The average Bonchev–Trinajstić information content (AvgIpc) is 3.18. The topological polar surface area (TPSA) is 78.3 Å². The van der Waals surface area contributed by atoms with Gasteiger partial charge in [0.15, 0.2) is 22.5 Å². The van der Waals surface area contributed by atoms with Crippen molar-refractivity contribution < 1.29 is 14.3 Å². The molecular formula is C24H30N4O3S. The molecule has 0 aliphatic heterocycles. The molecule has 1 N–H and O–H groups in total. The molecule has 1 aromatic heterocycles. The predicted molar refractivity (Wildman–Crippen MR) is 128 cm³/mol. The van der Waals surface area contributed by atoms with Crippen LogP contribution in [0.3, 0.4) is 0 Å². The van der Waals surface area contributed by atoms with Crippen molar-refractivity contribution in [3.63, 3.8) is 0 Å². The van der Waals surface area contributed by atoms with Crippen molar-refractivity contribution in [3.8, 4) is 11.5 Å². The number of anilines is 1. The Morgan fingerprint density at radius 2 is 1.88 bits per heavy atom. The first-order valence-electron chi connectivity index (χ1n) is 10.6. The van der Waals surface area contributed by atoms with Crippen LogP contribution < -0.4 is 14.8 Å². The summed E-state index contributed by atoms with van der Waals surface area (Å²) in [6.45, 7) is 9.24. The monoisotopic (exact) mass is 454 g/mol. The van der Waals surface area contributed by atoms with Crippen molar-refractivity contribution in [1.29, 1.82) is 0 Å². The Kier molecular flexibility index (Phi) is 8.16. The normalized spacial score (nSPS) is 10.9. The van der Waals surface area contributed by atoms with Crippen molar-refractivity contribution in [2.24, 2.45) is 0 Å². The molecule has 1 amide bonds. The molecule has 0 radical (unpaired) electrons. The summed E-state index contributed by atoms with van der Waals surface area (Å²) in [5.41, 5.74) is 3.13. The molecule has 7 nitrogen and oxygen atoms in total. The van der Waals surface area contributed by atoms with Crippen molar-refractivity contribution in [2.45, 2.75) is 51.9 Å². The van der Waals surface area contributed by atoms with Gasteiger partial charge in [0.1, 0.15) is 6.61 Å². The van der Waals surface area contributed by atoms with E-state index in [0.717, 1.165) is 11.3 Å². The van der Waals surface area contributed by atoms with Crippen molar-refractivity contribution in [2.75, 3.05) is 18.2 Å². The molecule has 2 aromatic carbocycles. The summed E-state index contributed by atoms with van der Waals surface area (Å²) in [5.74, 6) is 2.65. The molecule has 0 atom stereocenters. The van der Waals surface area contributed by atoms with E-state index in [2.05, 4.69) is 29.4 Å². The van der Waals surface area contributed by atoms with Gasteiger partial charge < -0.3 is 19.4 Å². The number of aryl methyl sites for hydroxylation is 1. The van der Waals surface area contributed by atoms with Crippen LogP contribution >= 0.6 is 11.8 Å². The van der Waals surface area contributed by atoms with Crippen molar-refractivity contribution >= 4 is 23.4 Å². The third-order valence-electron chi connectivity index (χ3n) is 4.98. The molecule has 0 fully saturated rings. The third kappa shape index (κ3) is 6.03. The number of methoxy groups -OCH3 is 1. The Bertz CT molecular complexity index is 1050. The quantitative estimate of drug-likeness (QED) is 0.432. The van der Waals surface area contributed by atoms with Gasteiger partial charge in [-0.15, -0.1) is 10.2 Å². The summed E-state index contributed by atoms with van der Waals surface area (Å²) in [6.07, 6.45) is 0. The fourth-order valence-electron chi connectivity index (χ4n) is 3.17. The lowest BCUT2D eigenvalue weighted by Crippen LogP contribution is -2.15. The van der Waals surface area contributed by atoms with Gasteiger partial charge in [0, 0.05) is 12.2 Å². The van der Waals surface area contributed by atoms with Gasteiger partial charge in [-0.25, -0.2) is 0 Å². The number of aromatic nitrogens is 3. The van der Waals surface area contributed by atoms with Crippen LogP contribution in [0.15, 0.2) is 47.6 Å². The summed E-state index contributed by atoms with van der Waals surface area (Å²) in [5, 5.41) is 12.1. The molecule has 0 saturated carbocycles. The minimum Gasteiger partial charge on any atom is -0.493 e. The second-order valence-electron chi connectivity index (χ2n) is 7.70. The number of thioether (sulfide) groups is 1. The van der Waals surface area contributed by atoms with Gasteiger partial charge >= 0.3 is 0 Å². The zero-order chi connectivity index (χ0) is 23.1. The third-order valence-corrected chi connectivity index (χ3v) is 5.95. The molecule has 0 unspecified atom stereocenters. The predicted octanol–water partition coefficient (Wildman–Crippen LogP) is 5.05. The summed E-state index contributed by atoms with van der Waals surface area (Å²) in [6, 6.07) is 13.7. The lowest BCUT2D eigenvalue weighted by molar-refractivity contribution is -0.113. The van der Waals surface area contributed by atoms with Crippen LogP contribution in [0.1, 0.15) is 43.6 Å². The maximum atomic E-state index is 12.4. The number of carbonyl (C=O) groups excluding carboxylic acids is 1. The van der Waals surface area contributed by atoms with E-state index >= 15 is 0 Å². The first kappa shape index (κ1) is 23.7. The Balaban J connectivity index is 1.58. The minimum atomic E-state index is -0.0832. The maximum Gasteiger partial charge on any atom is 0.234 e. The van der Waals surface area contributed by atoms with E-state index in [1.165, 1.54) is 17.3 Å². The van der Waals surface area contributed by atoms with Gasteiger partial charge in [-0.1, -0.05) is 43.8 Å². The number of nitrogens with zero attached hydrogens (tertiary/aromatic N) is 3. The highest BCUT2D eigenvalue weighted by Gasteiger charge is 2.15. The zero-order valence-electron chi connectivity index (χ0n) is 19.2. The molecule has 0 aliphatic rings. The molecule has 8 heteroatoms. The molecule has 1 heterocycles.